The van der Waals surface area contributed by atoms with Gasteiger partial charge in [-0.2, -0.15) is 0 Å². The molecule has 0 bridgehead atoms. The summed E-state index contributed by atoms with van der Waals surface area (Å²) in [6.07, 6.45) is 0.0871. The first-order valence-electron chi connectivity index (χ1n) is 8.94. The summed E-state index contributed by atoms with van der Waals surface area (Å²) < 4.78 is 19.1. The minimum atomic E-state index is -0.689. The van der Waals surface area contributed by atoms with Gasteiger partial charge in [0.05, 0.1) is 6.04 Å². The second kappa shape index (κ2) is 7.25. The minimum absolute atomic E-state index is 0.217. The summed E-state index contributed by atoms with van der Waals surface area (Å²) in [5, 5.41) is 14.3. The van der Waals surface area contributed by atoms with Gasteiger partial charge in [0.25, 0.3) is 0 Å². The molecule has 0 spiro atoms. The van der Waals surface area contributed by atoms with Gasteiger partial charge in [0, 0.05) is 31.4 Å². The van der Waals surface area contributed by atoms with Crippen LogP contribution in [0.2, 0.25) is 0 Å². The fraction of sp³-hybridized carbons (Fsp3) is 0.429. The molecule has 0 aromatic heterocycles. The molecule has 0 saturated carbocycles. The van der Waals surface area contributed by atoms with Gasteiger partial charge in [-0.3, -0.25) is 0 Å². The third-order valence-electron chi connectivity index (χ3n) is 4.94. The molecule has 0 radical (unpaired) electrons. The summed E-state index contributed by atoms with van der Waals surface area (Å²) in [6.45, 7) is 4.48. The van der Waals surface area contributed by atoms with Gasteiger partial charge in [-0.1, -0.05) is 18.2 Å². The highest BCUT2D eigenvalue weighted by Crippen LogP contribution is 2.41. The van der Waals surface area contributed by atoms with Crippen LogP contribution in [0.5, 0.6) is 5.75 Å². The van der Waals surface area contributed by atoms with E-state index in [9.17, 15) is 9.50 Å². The molecule has 2 atom stereocenters. The van der Waals surface area contributed by atoms with Crippen LogP contribution >= 0.6 is 0 Å². The van der Waals surface area contributed by atoms with Crippen molar-refractivity contribution < 1.29 is 14.2 Å². The molecule has 0 unspecified atom stereocenters. The SMILES string of the molecule is CN(C)c1ccc2c(c1)OC(C)(C)[C@H](O)[C@H]2NCCc1ccc(F)cc1. The third kappa shape index (κ3) is 3.84. The van der Waals surface area contributed by atoms with E-state index in [1.807, 2.05) is 51.0 Å². The lowest BCUT2D eigenvalue weighted by atomic mass is 9.86. The highest BCUT2D eigenvalue weighted by atomic mass is 19.1. The lowest BCUT2D eigenvalue weighted by Gasteiger charge is -2.42. The van der Waals surface area contributed by atoms with Crippen LogP contribution in [0.1, 0.15) is 31.0 Å². The highest BCUT2D eigenvalue weighted by molar-refractivity contribution is 5.55. The predicted molar refractivity (Wildman–Crippen MR) is 102 cm³/mol. The van der Waals surface area contributed by atoms with Crippen molar-refractivity contribution in [3.8, 4) is 5.75 Å². The summed E-state index contributed by atoms with van der Waals surface area (Å²) in [4.78, 5) is 2.03. The first-order valence-corrected chi connectivity index (χ1v) is 8.94. The second-order valence-corrected chi connectivity index (χ2v) is 7.58. The van der Waals surface area contributed by atoms with Crippen molar-refractivity contribution >= 4 is 5.69 Å². The summed E-state index contributed by atoms with van der Waals surface area (Å²) in [6, 6.07) is 12.4. The number of fused-ring (bicyclic) bond motifs is 1. The number of nitrogens with one attached hydrogen (secondary N) is 1. The van der Waals surface area contributed by atoms with Crippen LogP contribution in [0.4, 0.5) is 10.1 Å². The van der Waals surface area contributed by atoms with Crippen molar-refractivity contribution in [3.63, 3.8) is 0 Å². The molecule has 0 fully saturated rings. The Kier molecular flexibility index (Phi) is 5.21. The van der Waals surface area contributed by atoms with E-state index >= 15 is 0 Å². The Hall–Kier alpha value is -2.11. The first kappa shape index (κ1) is 18.7. The summed E-state index contributed by atoms with van der Waals surface area (Å²) in [7, 11) is 3.98. The largest absolute Gasteiger partial charge is 0.485 e. The first-order chi connectivity index (χ1) is 12.3. The van der Waals surface area contributed by atoms with Crippen molar-refractivity contribution in [2.45, 2.75) is 38.0 Å². The molecule has 26 heavy (non-hydrogen) atoms. The number of rotatable bonds is 5. The van der Waals surface area contributed by atoms with Crippen molar-refractivity contribution in [3.05, 3.63) is 59.4 Å². The van der Waals surface area contributed by atoms with Crippen LogP contribution in [0.25, 0.3) is 0 Å². The number of aliphatic hydroxyl groups is 1. The summed E-state index contributed by atoms with van der Waals surface area (Å²) in [5.74, 6) is 0.569. The molecule has 0 amide bonds. The molecule has 2 aromatic rings. The Morgan fingerprint density at radius 3 is 2.50 bits per heavy atom. The maximum atomic E-state index is 13.0. The van der Waals surface area contributed by atoms with Crippen molar-refractivity contribution in [1.29, 1.82) is 0 Å². The predicted octanol–water partition coefficient (Wildman–Crippen LogP) is 3.30. The zero-order chi connectivity index (χ0) is 18.9. The Morgan fingerprint density at radius 1 is 1.15 bits per heavy atom. The molecule has 0 aliphatic carbocycles. The molecule has 2 N–H and O–H groups in total. The third-order valence-corrected chi connectivity index (χ3v) is 4.94. The zero-order valence-corrected chi connectivity index (χ0v) is 15.8. The van der Waals surface area contributed by atoms with Crippen LogP contribution in [0, 0.1) is 5.82 Å². The molecule has 0 saturated heterocycles. The molecule has 5 heteroatoms. The number of benzene rings is 2. The molecule has 140 valence electrons. The minimum Gasteiger partial charge on any atom is -0.485 e. The van der Waals surface area contributed by atoms with Crippen LogP contribution in [0.3, 0.4) is 0 Å². The molecule has 4 nitrogen and oxygen atoms in total. The molecular weight excluding hydrogens is 331 g/mol. The van der Waals surface area contributed by atoms with E-state index in [1.54, 1.807) is 12.1 Å². The lowest BCUT2D eigenvalue weighted by Crippen LogP contribution is -2.52. The lowest BCUT2D eigenvalue weighted by molar-refractivity contribution is -0.0643. The van der Waals surface area contributed by atoms with Crippen LogP contribution in [-0.4, -0.2) is 37.5 Å². The fourth-order valence-corrected chi connectivity index (χ4v) is 3.31. The number of anilines is 1. The average molecular weight is 358 g/mol. The number of ether oxygens (including phenoxy) is 1. The number of nitrogens with zero attached hydrogens (tertiary/aromatic N) is 1. The van der Waals surface area contributed by atoms with Gasteiger partial charge in [0.2, 0.25) is 0 Å². The fourth-order valence-electron chi connectivity index (χ4n) is 3.31. The number of hydrogen-bond donors (Lipinski definition) is 2. The Morgan fingerprint density at radius 2 is 1.85 bits per heavy atom. The maximum Gasteiger partial charge on any atom is 0.131 e. The van der Waals surface area contributed by atoms with E-state index in [1.165, 1.54) is 12.1 Å². The Bertz CT molecular complexity index is 759. The zero-order valence-electron chi connectivity index (χ0n) is 15.8. The van der Waals surface area contributed by atoms with E-state index in [4.69, 9.17) is 4.74 Å². The maximum absolute atomic E-state index is 13.0. The molecule has 3 rings (SSSR count). The molecule has 1 aliphatic rings. The topological polar surface area (TPSA) is 44.7 Å². The second-order valence-electron chi connectivity index (χ2n) is 7.58. The quantitative estimate of drug-likeness (QED) is 0.861. The smallest absolute Gasteiger partial charge is 0.131 e. The van der Waals surface area contributed by atoms with E-state index < -0.39 is 11.7 Å². The molecule has 1 aliphatic heterocycles. The summed E-state index contributed by atoms with van der Waals surface area (Å²) >= 11 is 0. The Balaban J connectivity index is 1.78. The van der Waals surface area contributed by atoms with Gasteiger partial charge in [-0.05, 0) is 50.6 Å². The number of aliphatic hydroxyl groups excluding tert-OH is 1. The van der Waals surface area contributed by atoms with Crippen molar-refractivity contribution in [2.75, 3.05) is 25.5 Å². The number of halogens is 1. The normalized spacial score (nSPS) is 21.0. The van der Waals surface area contributed by atoms with E-state index in [0.717, 1.165) is 29.0 Å². The van der Waals surface area contributed by atoms with Gasteiger partial charge in [0.15, 0.2) is 0 Å². The van der Waals surface area contributed by atoms with Gasteiger partial charge in [0.1, 0.15) is 23.3 Å². The van der Waals surface area contributed by atoms with Gasteiger partial charge in [-0.15, -0.1) is 0 Å². The molecule has 1 heterocycles. The van der Waals surface area contributed by atoms with Crippen molar-refractivity contribution in [1.82, 2.24) is 5.32 Å². The van der Waals surface area contributed by atoms with E-state index in [2.05, 4.69) is 5.32 Å². The van der Waals surface area contributed by atoms with Crippen LogP contribution in [0.15, 0.2) is 42.5 Å². The van der Waals surface area contributed by atoms with Crippen molar-refractivity contribution in [2.24, 2.45) is 0 Å². The number of hydrogen-bond acceptors (Lipinski definition) is 4. The van der Waals surface area contributed by atoms with Gasteiger partial charge >= 0.3 is 0 Å². The monoisotopic (exact) mass is 358 g/mol. The van der Waals surface area contributed by atoms with Gasteiger partial charge < -0.3 is 20.1 Å². The van der Waals surface area contributed by atoms with Gasteiger partial charge in [-0.25, -0.2) is 4.39 Å². The van der Waals surface area contributed by atoms with E-state index in [-0.39, 0.29) is 11.9 Å². The average Bonchev–Trinajstić information content (AvgIpc) is 2.59. The van der Waals surface area contributed by atoms with E-state index in [0.29, 0.717) is 6.54 Å². The Labute approximate surface area is 154 Å². The molecular formula is C21H27FN2O2. The van der Waals surface area contributed by atoms with Crippen LogP contribution < -0.4 is 15.0 Å². The summed E-state index contributed by atoms with van der Waals surface area (Å²) in [5.41, 5.74) is 2.39. The standard InChI is InChI=1S/C21H27FN2O2/c1-21(2)20(25)19(23-12-11-14-5-7-15(22)8-6-14)17-10-9-16(24(3)4)13-18(17)26-21/h5-10,13,19-20,23,25H,11-12H2,1-4H3/t19-,20+/m0/s1. The highest BCUT2D eigenvalue weighted by Gasteiger charge is 2.42. The molecule has 2 aromatic carbocycles. The van der Waals surface area contributed by atoms with Crippen LogP contribution in [-0.2, 0) is 6.42 Å².